The molecule has 1 saturated heterocycles. The highest BCUT2D eigenvalue weighted by molar-refractivity contribution is 5.83. The summed E-state index contributed by atoms with van der Waals surface area (Å²) >= 11 is 0. The second kappa shape index (κ2) is 4.25. The summed E-state index contributed by atoms with van der Waals surface area (Å²) < 4.78 is 6.88. The summed E-state index contributed by atoms with van der Waals surface area (Å²) in [6.07, 6.45) is 3.77. The Kier molecular flexibility index (Phi) is 2.96. The first-order valence-electron chi connectivity index (χ1n) is 5.45. The van der Waals surface area contributed by atoms with Gasteiger partial charge in [0.05, 0.1) is 31.4 Å². The number of hydrogen-bond donors (Lipinski definition) is 1. The molecule has 0 bridgehead atoms. The molecule has 1 aliphatic rings. The number of carbonyl (C=O) groups excluding carboxylic acids is 1. The molecule has 1 aromatic heterocycles. The zero-order valence-corrected chi connectivity index (χ0v) is 9.69. The minimum absolute atomic E-state index is 0.0719. The molecule has 5 nitrogen and oxygen atoms in total. The average Bonchev–Trinajstić information content (AvgIpc) is 2.60. The standard InChI is InChI=1S/C11H17N3O2/c1-9-5-13-14(6-9)4-3-12-10(15)11(2)7-16-8-11/h5-6H,3-4,7-8H2,1-2H3,(H,12,15). The topological polar surface area (TPSA) is 56.2 Å². The van der Waals surface area contributed by atoms with E-state index >= 15 is 0 Å². The Morgan fingerprint density at radius 2 is 2.44 bits per heavy atom. The van der Waals surface area contributed by atoms with E-state index in [9.17, 15) is 4.79 Å². The number of carbonyl (C=O) groups is 1. The van der Waals surface area contributed by atoms with Gasteiger partial charge in [0, 0.05) is 12.7 Å². The molecule has 1 aliphatic heterocycles. The molecule has 0 spiro atoms. The third-order valence-electron chi connectivity index (χ3n) is 2.78. The van der Waals surface area contributed by atoms with Crippen LogP contribution in [0.5, 0.6) is 0 Å². The largest absolute Gasteiger partial charge is 0.379 e. The first-order chi connectivity index (χ1) is 7.60. The van der Waals surface area contributed by atoms with Crippen LogP contribution in [0, 0.1) is 12.3 Å². The van der Waals surface area contributed by atoms with Crippen molar-refractivity contribution in [1.29, 1.82) is 0 Å². The van der Waals surface area contributed by atoms with Gasteiger partial charge in [-0.3, -0.25) is 9.48 Å². The highest BCUT2D eigenvalue weighted by Crippen LogP contribution is 2.26. The fourth-order valence-electron chi connectivity index (χ4n) is 1.63. The summed E-state index contributed by atoms with van der Waals surface area (Å²) in [6.45, 7) is 6.28. The number of hydrogen-bond acceptors (Lipinski definition) is 3. The predicted octanol–water partition coefficient (Wildman–Crippen LogP) is 0.344. The van der Waals surface area contributed by atoms with Gasteiger partial charge in [-0.2, -0.15) is 5.10 Å². The van der Waals surface area contributed by atoms with Gasteiger partial charge in [-0.05, 0) is 19.4 Å². The smallest absolute Gasteiger partial charge is 0.230 e. The summed E-state index contributed by atoms with van der Waals surface area (Å²) in [5.41, 5.74) is 0.811. The number of nitrogens with zero attached hydrogens (tertiary/aromatic N) is 2. The van der Waals surface area contributed by atoms with Crippen molar-refractivity contribution in [3.05, 3.63) is 18.0 Å². The highest BCUT2D eigenvalue weighted by atomic mass is 16.5. The number of amides is 1. The molecule has 1 N–H and O–H groups in total. The van der Waals surface area contributed by atoms with Crippen LogP contribution in [0.4, 0.5) is 0 Å². The van der Waals surface area contributed by atoms with E-state index in [1.54, 1.807) is 0 Å². The van der Waals surface area contributed by atoms with Crippen LogP contribution in [-0.4, -0.2) is 35.4 Å². The van der Waals surface area contributed by atoms with Gasteiger partial charge in [-0.15, -0.1) is 0 Å². The average molecular weight is 223 g/mol. The van der Waals surface area contributed by atoms with E-state index in [4.69, 9.17) is 4.74 Å². The maximum Gasteiger partial charge on any atom is 0.230 e. The molecule has 5 heteroatoms. The van der Waals surface area contributed by atoms with Crippen molar-refractivity contribution in [2.45, 2.75) is 20.4 Å². The lowest BCUT2D eigenvalue weighted by Crippen LogP contribution is -2.52. The molecule has 0 unspecified atom stereocenters. The molecule has 0 saturated carbocycles. The van der Waals surface area contributed by atoms with Gasteiger partial charge >= 0.3 is 0 Å². The minimum atomic E-state index is -0.319. The van der Waals surface area contributed by atoms with Crippen LogP contribution in [0.2, 0.25) is 0 Å². The van der Waals surface area contributed by atoms with Gasteiger partial charge < -0.3 is 10.1 Å². The van der Waals surface area contributed by atoms with Crippen LogP contribution in [0.3, 0.4) is 0 Å². The predicted molar refractivity (Wildman–Crippen MR) is 58.9 cm³/mol. The van der Waals surface area contributed by atoms with Crippen LogP contribution < -0.4 is 5.32 Å². The van der Waals surface area contributed by atoms with Crippen molar-refractivity contribution in [1.82, 2.24) is 15.1 Å². The Hall–Kier alpha value is -1.36. The number of ether oxygens (including phenoxy) is 1. The Bertz CT molecular complexity index is 382. The fraction of sp³-hybridized carbons (Fsp3) is 0.636. The van der Waals surface area contributed by atoms with E-state index in [1.165, 1.54) is 0 Å². The number of nitrogens with one attached hydrogen (secondary N) is 1. The normalized spacial score (nSPS) is 17.9. The lowest BCUT2D eigenvalue weighted by molar-refractivity contribution is -0.157. The molecule has 0 radical (unpaired) electrons. The molecule has 0 aliphatic carbocycles. The van der Waals surface area contributed by atoms with Gasteiger partial charge in [0.1, 0.15) is 0 Å². The molecule has 2 rings (SSSR count). The molecule has 88 valence electrons. The van der Waals surface area contributed by atoms with Gasteiger partial charge in [-0.1, -0.05) is 0 Å². The van der Waals surface area contributed by atoms with Gasteiger partial charge in [-0.25, -0.2) is 0 Å². The summed E-state index contributed by atoms with van der Waals surface area (Å²) in [5, 5.41) is 7.05. The fourth-order valence-corrected chi connectivity index (χ4v) is 1.63. The van der Waals surface area contributed by atoms with E-state index in [2.05, 4.69) is 10.4 Å². The maximum absolute atomic E-state index is 11.7. The molecular formula is C11H17N3O2. The molecular weight excluding hydrogens is 206 g/mol. The van der Waals surface area contributed by atoms with Crippen molar-refractivity contribution in [2.24, 2.45) is 5.41 Å². The quantitative estimate of drug-likeness (QED) is 0.801. The Balaban J connectivity index is 1.74. The van der Waals surface area contributed by atoms with Gasteiger partial charge in [0.15, 0.2) is 0 Å². The second-order valence-corrected chi connectivity index (χ2v) is 4.59. The number of aryl methyl sites for hydroxylation is 1. The van der Waals surface area contributed by atoms with Crippen molar-refractivity contribution in [3.63, 3.8) is 0 Å². The highest BCUT2D eigenvalue weighted by Gasteiger charge is 2.40. The minimum Gasteiger partial charge on any atom is -0.379 e. The van der Waals surface area contributed by atoms with Crippen LogP contribution in [-0.2, 0) is 16.1 Å². The molecule has 1 aromatic rings. The van der Waals surface area contributed by atoms with E-state index < -0.39 is 0 Å². The molecule has 2 heterocycles. The molecule has 1 fully saturated rings. The number of aromatic nitrogens is 2. The lowest BCUT2D eigenvalue weighted by atomic mass is 9.88. The van der Waals surface area contributed by atoms with E-state index in [0.29, 0.717) is 26.3 Å². The summed E-state index contributed by atoms with van der Waals surface area (Å²) in [6, 6.07) is 0. The Labute approximate surface area is 94.8 Å². The van der Waals surface area contributed by atoms with Crippen LogP contribution in [0.25, 0.3) is 0 Å². The second-order valence-electron chi connectivity index (χ2n) is 4.59. The monoisotopic (exact) mass is 223 g/mol. The summed E-state index contributed by atoms with van der Waals surface area (Å²) in [4.78, 5) is 11.7. The van der Waals surface area contributed by atoms with Gasteiger partial charge in [0.25, 0.3) is 0 Å². The summed E-state index contributed by atoms with van der Waals surface area (Å²) in [7, 11) is 0. The van der Waals surface area contributed by atoms with Crippen molar-refractivity contribution in [3.8, 4) is 0 Å². The van der Waals surface area contributed by atoms with Crippen molar-refractivity contribution < 1.29 is 9.53 Å². The summed E-state index contributed by atoms with van der Waals surface area (Å²) in [5.74, 6) is 0.0719. The van der Waals surface area contributed by atoms with Crippen LogP contribution in [0.15, 0.2) is 12.4 Å². The van der Waals surface area contributed by atoms with E-state index in [1.807, 2.05) is 30.9 Å². The molecule has 1 amide bonds. The van der Waals surface area contributed by atoms with Gasteiger partial charge in [0.2, 0.25) is 5.91 Å². The van der Waals surface area contributed by atoms with E-state index in [0.717, 1.165) is 5.56 Å². The SMILES string of the molecule is Cc1cnn(CCNC(=O)C2(C)COC2)c1. The van der Waals surface area contributed by atoms with Crippen molar-refractivity contribution >= 4 is 5.91 Å². The maximum atomic E-state index is 11.7. The zero-order valence-electron chi connectivity index (χ0n) is 9.69. The third-order valence-corrected chi connectivity index (χ3v) is 2.78. The molecule has 0 atom stereocenters. The van der Waals surface area contributed by atoms with E-state index in [-0.39, 0.29) is 11.3 Å². The van der Waals surface area contributed by atoms with Crippen LogP contribution >= 0.6 is 0 Å². The Morgan fingerprint density at radius 1 is 1.69 bits per heavy atom. The zero-order chi connectivity index (χ0) is 11.6. The first kappa shape index (κ1) is 11.1. The number of rotatable bonds is 4. The van der Waals surface area contributed by atoms with Crippen molar-refractivity contribution in [2.75, 3.05) is 19.8 Å². The lowest BCUT2D eigenvalue weighted by Gasteiger charge is -2.36. The molecule has 16 heavy (non-hydrogen) atoms. The van der Waals surface area contributed by atoms with Crippen LogP contribution in [0.1, 0.15) is 12.5 Å². The first-order valence-corrected chi connectivity index (χ1v) is 5.45. The Morgan fingerprint density at radius 3 is 2.94 bits per heavy atom. The molecule has 0 aromatic carbocycles. The third kappa shape index (κ3) is 2.24.